The molecule has 0 saturated heterocycles. The van der Waals surface area contributed by atoms with Gasteiger partial charge in [-0.25, -0.2) is 15.0 Å². The van der Waals surface area contributed by atoms with Crippen LogP contribution in [0, 0.1) is 0 Å². The fraction of sp³-hybridized carbons (Fsp3) is 0.368. The molecule has 0 unspecified atom stereocenters. The first kappa shape index (κ1) is 17.1. The van der Waals surface area contributed by atoms with E-state index in [2.05, 4.69) is 39.1 Å². The van der Waals surface area contributed by atoms with Crippen LogP contribution in [0.15, 0.2) is 30.6 Å². The Morgan fingerprint density at radius 1 is 1.12 bits per heavy atom. The highest BCUT2D eigenvalue weighted by Crippen LogP contribution is 2.16. The molecular formula is C19H23N5O. The lowest BCUT2D eigenvalue weighted by atomic mass is 10.1. The molecule has 6 heteroatoms. The van der Waals surface area contributed by atoms with Crippen LogP contribution in [0.1, 0.15) is 47.8 Å². The highest BCUT2D eigenvalue weighted by atomic mass is 16.1. The first-order valence-corrected chi connectivity index (χ1v) is 8.77. The molecule has 0 aliphatic heterocycles. The first-order chi connectivity index (χ1) is 12.2. The minimum Gasteiger partial charge on any atom is -0.352 e. The molecule has 0 radical (unpaired) electrons. The van der Waals surface area contributed by atoms with Gasteiger partial charge in [0.25, 0.3) is 5.91 Å². The third kappa shape index (κ3) is 4.02. The number of hydrogen-bond donors (Lipinski definition) is 2. The van der Waals surface area contributed by atoms with Gasteiger partial charge < -0.3 is 10.3 Å². The smallest absolute Gasteiger partial charge is 0.251 e. The molecule has 0 fully saturated rings. The Morgan fingerprint density at radius 2 is 1.88 bits per heavy atom. The predicted molar refractivity (Wildman–Crippen MR) is 97.5 cm³/mol. The Hall–Kier alpha value is -2.76. The number of H-pyrrole nitrogens is 1. The Bertz CT molecular complexity index is 858. The summed E-state index contributed by atoms with van der Waals surface area (Å²) in [5, 5.41) is 2.95. The number of benzene rings is 1. The number of aromatic amines is 1. The highest BCUT2D eigenvalue weighted by molar-refractivity contribution is 5.97. The topological polar surface area (TPSA) is 83.6 Å². The molecule has 0 aliphatic carbocycles. The molecule has 130 valence electrons. The van der Waals surface area contributed by atoms with Crippen LogP contribution in [0.25, 0.3) is 11.0 Å². The average Bonchev–Trinajstić information content (AvgIpc) is 3.16. The maximum Gasteiger partial charge on any atom is 0.251 e. The lowest BCUT2D eigenvalue weighted by molar-refractivity contribution is 0.0953. The van der Waals surface area contributed by atoms with E-state index < -0.39 is 0 Å². The van der Waals surface area contributed by atoms with E-state index in [1.165, 1.54) is 0 Å². The van der Waals surface area contributed by atoms with Crippen molar-refractivity contribution < 1.29 is 4.79 Å². The summed E-state index contributed by atoms with van der Waals surface area (Å²) in [4.78, 5) is 28.9. The van der Waals surface area contributed by atoms with Gasteiger partial charge in [0.1, 0.15) is 5.82 Å². The van der Waals surface area contributed by atoms with Crippen LogP contribution in [0.3, 0.4) is 0 Å². The number of hydrogen-bond acceptors (Lipinski definition) is 4. The number of carbonyl (C=O) groups is 1. The van der Waals surface area contributed by atoms with Crippen molar-refractivity contribution in [3.8, 4) is 0 Å². The van der Waals surface area contributed by atoms with Crippen LogP contribution in [0.5, 0.6) is 0 Å². The zero-order valence-corrected chi connectivity index (χ0v) is 14.7. The maximum atomic E-state index is 12.3. The van der Waals surface area contributed by atoms with Crippen molar-refractivity contribution >= 4 is 16.9 Å². The third-order valence-electron chi connectivity index (χ3n) is 4.18. The molecule has 0 bridgehead atoms. The molecule has 2 aromatic heterocycles. The van der Waals surface area contributed by atoms with Gasteiger partial charge in [-0.15, -0.1) is 0 Å². The summed E-state index contributed by atoms with van der Waals surface area (Å²) in [7, 11) is 0. The quantitative estimate of drug-likeness (QED) is 0.649. The van der Waals surface area contributed by atoms with Gasteiger partial charge in [-0.1, -0.05) is 13.8 Å². The van der Waals surface area contributed by atoms with Gasteiger partial charge in [0.15, 0.2) is 0 Å². The number of amides is 1. The summed E-state index contributed by atoms with van der Waals surface area (Å²) in [5.74, 6) is 0.856. The molecule has 2 heterocycles. The van der Waals surface area contributed by atoms with Gasteiger partial charge in [-0.3, -0.25) is 4.79 Å². The van der Waals surface area contributed by atoms with Crippen molar-refractivity contribution in [3.05, 3.63) is 53.4 Å². The zero-order chi connectivity index (χ0) is 17.6. The molecule has 2 N–H and O–H groups in total. The third-order valence-corrected chi connectivity index (χ3v) is 4.18. The number of imidazole rings is 1. The molecule has 3 aromatic rings. The van der Waals surface area contributed by atoms with E-state index in [0.29, 0.717) is 12.1 Å². The lowest BCUT2D eigenvalue weighted by Gasteiger charge is -2.08. The molecule has 0 saturated carbocycles. The fourth-order valence-electron chi connectivity index (χ4n) is 2.83. The minimum atomic E-state index is -0.0826. The molecule has 3 rings (SSSR count). The molecule has 6 nitrogen and oxygen atoms in total. The van der Waals surface area contributed by atoms with E-state index in [1.54, 1.807) is 12.4 Å². The van der Waals surface area contributed by atoms with Crippen molar-refractivity contribution in [1.82, 2.24) is 25.3 Å². The van der Waals surface area contributed by atoms with E-state index in [-0.39, 0.29) is 5.91 Å². The average molecular weight is 337 g/mol. The summed E-state index contributed by atoms with van der Waals surface area (Å²) >= 11 is 0. The van der Waals surface area contributed by atoms with Crippen molar-refractivity contribution in [1.29, 1.82) is 0 Å². The van der Waals surface area contributed by atoms with Crippen LogP contribution in [0.4, 0.5) is 0 Å². The second kappa shape index (κ2) is 7.88. The van der Waals surface area contributed by atoms with Gasteiger partial charge in [0.2, 0.25) is 0 Å². The van der Waals surface area contributed by atoms with Gasteiger partial charge in [-0.2, -0.15) is 0 Å². The lowest BCUT2D eigenvalue weighted by Crippen LogP contribution is -2.24. The van der Waals surface area contributed by atoms with E-state index in [0.717, 1.165) is 53.9 Å². The van der Waals surface area contributed by atoms with Crippen molar-refractivity contribution in [2.45, 2.75) is 39.5 Å². The summed E-state index contributed by atoms with van der Waals surface area (Å²) in [6.07, 6.45) is 6.90. The van der Waals surface area contributed by atoms with Crippen LogP contribution in [0.2, 0.25) is 0 Å². The number of carbonyl (C=O) groups excluding carboxylic acids is 1. The van der Waals surface area contributed by atoms with Crippen LogP contribution in [-0.4, -0.2) is 32.4 Å². The molecule has 0 aliphatic rings. The summed E-state index contributed by atoms with van der Waals surface area (Å²) in [6, 6.07) is 5.51. The van der Waals surface area contributed by atoms with Crippen LogP contribution in [-0.2, 0) is 19.3 Å². The second-order valence-electron chi connectivity index (χ2n) is 5.92. The second-order valence-corrected chi connectivity index (χ2v) is 5.92. The Kier molecular flexibility index (Phi) is 5.38. The van der Waals surface area contributed by atoms with Crippen LogP contribution < -0.4 is 5.32 Å². The Morgan fingerprint density at radius 3 is 2.56 bits per heavy atom. The molecule has 25 heavy (non-hydrogen) atoms. The van der Waals surface area contributed by atoms with E-state index in [9.17, 15) is 4.79 Å². The number of rotatable bonds is 7. The summed E-state index contributed by atoms with van der Waals surface area (Å²) in [6.45, 7) is 4.77. The number of nitrogens with zero attached hydrogens (tertiary/aromatic N) is 3. The van der Waals surface area contributed by atoms with E-state index in [1.807, 2.05) is 18.2 Å². The van der Waals surface area contributed by atoms with E-state index >= 15 is 0 Å². The first-order valence-electron chi connectivity index (χ1n) is 8.77. The molecule has 1 aromatic carbocycles. The number of nitrogens with one attached hydrogen (secondary N) is 2. The van der Waals surface area contributed by atoms with Crippen molar-refractivity contribution in [3.63, 3.8) is 0 Å². The largest absolute Gasteiger partial charge is 0.352 e. The predicted octanol–water partition coefficient (Wildman–Crippen LogP) is 2.84. The normalized spacial score (nSPS) is 11.0. The highest BCUT2D eigenvalue weighted by Gasteiger charge is 2.10. The minimum absolute atomic E-state index is 0.0826. The summed E-state index contributed by atoms with van der Waals surface area (Å²) < 4.78 is 0. The molecule has 0 spiro atoms. The number of fused-ring (bicyclic) bond motifs is 1. The Labute approximate surface area is 147 Å². The SMILES string of the molecule is CCc1nc2ccc(C(=O)NCCCc3ncc[nH]3)cc2nc1CC. The molecular weight excluding hydrogens is 314 g/mol. The fourth-order valence-corrected chi connectivity index (χ4v) is 2.83. The zero-order valence-electron chi connectivity index (χ0n) is 14.7. The van der Waals surface area contributed by atoms with Gasteiger partial charge in [0, 0.05) is 30.9 Å². The van der Waals surface area contributed by atoms with E-state index in [4.69, 9.17) is 0 Å². The molecule has 0 atom stereocenters. The maximum absolute atomic E-state index is 12.3. The summed E-state index contributed by atoms with van der Waals surface area (Å²) in [5.41, 5.74) is 4.27. The van der Waals surface area contributed by atoms with Crippen molar-refractivity contribution in [2.24, 2.45) is 0 Å². The number of aromatic nitrogens is 4. The number of aryl methyl sites for hydroxylation is 3. The van der Waals surface area contributed by atoms with Crippen LogP contribution >= 0.6 is 0 Å². The van der Waals surface area contributed by atoms with Gasteiger partial charge >= 0.3 is 0 Å². The van der Waals surface area contributed by atoms with Gasteiger partial charge in [-0.05, 0) is 37.5 Å². The Balaban J connectivity index is 1.66. The van der Waals surface area contributed by atoms with Gasteiger partial charge in [0.05, 0.1) is 22.4 Å². The standard InChI is InChI=1S/C19H23N5O/c1-3-14-15(4-2)24-17-12-13(7-8-16(17)23-14)19(25)22-9-5-6-18-20-10-11-21-18/h7-8,10-12H,3-6,9H2,1-2H3,(H,20,21)(H,22,25). The van der Waals surface area contributed by atoms with Crippen molar-refractivity contribution in [2.75, 3.05) is 6.54 Å². The monoisotopic (exact) mass is 337 g/mol. The molecule has 1 amide bonds.